The van der Waals surface area contributed by atoms with Gasteiger partial charge in [-0.3, -0.25) is 0 Å². The molecule has 0 bridgehead atoms. The summed E-state index contributed by atoms with van der Waals surface area (Å²) in [5.74, 6) is 1.03. The number of hydrogen-bond donors (Lipinski definition) is 1. The van der Waals surface area contributed by atoms with Crippen molar-refractivity contribution in [1.82, 2.24) is 9.88 Å². The fourth-order valence-corrected chi connectivity index (χ4v) is 4.11. The van der Waals surface area contributed by atoms with Crippen LogP contribution in [0.15, 0.2) is 47.0 Å². The maximum atomic E-state index is 12.5. The van der Waals surface area contributed by atoms with Gasteiger partial charge in [-0.05, 0) is 36.8 Å². The molecule has 1 atom stereocenters. The number of fused-ring (bicyclic) bond motifs is 2. The predicted octanol–water partition coefficient (Wildman–Crippen LogP) is 2.74. The third kappa shape index (κ3) is 3.18. The molecule has 1 aromatic heterocycles. The van der Waals surface area contributed by atoms with E-state index in [0.29, 0.717) is 28.2 Å². The molecule has 0 unspecified atom stereocenters. The molecule has 0 amide bonds. The van der Waals surface area contributed by atoms with Crippen LogP contribution in [0.5, 0.6) is 11.5 Å². The van der Waals surface area contributed by atoms with Gasteiger partial charge in [0, 0.05) is 11.4 Å². The van der Waals surface area contributed by atoms with E-state index in [1.54, 1.807) is 31.2 Å². The number of nitrogens with one attached hydrogen (secondary N) is 1. The predicted molar refractivity (Wildman–Crippen MR) is 90.7 cm³/mol. The highest BCUT2D eigenvalue weighted by Gasteiger charge is 2.22. The van der Waals surface area contributed by atoms with Gasteiger partial charge in [-0.25, -0.2) is 13.1 Å². The van der Waals surface area contributed by atoms with E-state index in [2.05, 4.69) is 9.88 Å². The van der Waals surface area contributed by atoms with Gasteiger partial charge in [0.15, 0.2) is 17.1 Å². The fraction of sp³-hybridized carbons (Fsp3) is 0.235. The van der Waals surface area contributed by atoms with E-state index in [1.165, 1.54) is 0 Å². The zero-order valence-electron chi connectivity index (χ0n) is 13.4. The molecule has 130 valence electrons. The first-order chi connectivity index (χ1) is 12.0. The van der Waals surface area contributed by atoms with Crippen LogP contribution >= 0.6 is 0 Å². The van der Waals surface area contributed by atoms with Crippen LogP contribution in [0.25, 0.3) is 11.0 Å². The number of sulfonamides is 1. The lowest BCUT2D eigenvalue weighted by Crippen LogP contribution is -2.28. The third-order valence-corrected chi connectivity index (χ3v) is 5.40. The zero-order valence-corrected chi connectivity index (χ0v) is 14.2. The lowest BCUT2D eigenvalue weighted by atomic mass is 10.1. The summed E-state index contributed by atoms with van der Waals surface area (Å²) in [7, 11) is -3.60. The Balaban J connectivity index is 1.52. The SMILES string of the molecule is C[C@H](NS(=O)(=O)Cc1noc2ccccc12)c1ccc2c(c1)OCO2. The van der Waals surface area contributed by atoms with Gasteiger partial charge in [0.1, 0.15) is 11.4 Å². The van der Waals surface area contributed by atoms with Gasteiger partial charge in [-0.15, -0.1) is 0 Å². The van der Waals surface area contributed by atoms with E-state index in [1.807, 2.05) is 18.2 Å². The number of para-hydroxylation sites is 1. The molecule has 2 aromatic carbocycles. The monoisotopic (exact) mass is 360 g/mol. The van der Waals surface area contributed by atoms with Crippen LogP contribution in [0.2, 0.25) is 0 Å². The molecule has 2 heterocycles. The van der Waals surface area contributed by atoms with Crippen LogP contribution in [0.3, 0.4) is 0 Å². The minimum atomic E-state index is -3.60. The number of hydrogen-bond acceptors (Lipinski definition) is 6. The van der Waals surface area contributed by atoms with Gasteiger partial charge in [-0.2, -0.15) is 0 Å². The lowest BCUT2D eigenvalue weighted by Gasteiger charge is -2.14. The minimum Gasteiger partial charge on any atom is -0.454 e. The molecule has 25 heavy (non-hydrogen) atoms. The van der Waals surface area contributed by atoms with Crippen molar-refractivity contribution in [3.63, 3.8) is 0 Å². The van der Waals surface area contributed by atoms with Crippen LogP contribution in [0, 0.1) is 0 Å². The Morgan fingerprint density at radius 1 is 1.16 bits per heavy atom. The topological polar surface area (TPSA) is 90.7 Å². The molecular formula is C17H16N2O5S. The van der Waals surface area contributed by atoms with Crippen LogP contribution in [0.1, 0.15) is 24.2 Å². The molecular weight excluding hydrogens is 344 g/mol. The Morgan fingerprint density at radius 3 is 2.84 bits per heavy atom. The number of aromatic nitrogens is 1. The summed E-state index contributed by atoms with van der Waals surface area (Å²) in [5, 5.41) is 4.57. The molecule has 8 heteroatoms. The maximum absolute atomic E-state index is 12.5. The van der Waals surface area contributed by atoms with Gasteiger partial charge in [0.2, 0.25) is 16.8 Å². The molecule has 0 radical (unpaired) electrons. The Kier molecular flexibility index (Phi) is 3.85. The molecule has 0 aliphatic carbocycles. The number of rotatable bonds is 5. The van der Waals surface area contributed by atoms with E-state index in [9.17, 15) is 8.42 Å². The van der Waals surface area contributed by atoms with Crippen molar-refractivity contribution in [2.24, 2.45) is 0 Å². The van der Waals surface area contributed by atoms with Gasteiger partial charge in [-0.1, -0.05) is 23.4 Å². The molecule has 0 saturated heterocycles. The lowest BCUT2D eigenvalue weighted by molar-refractivity contribution is 0.174. The van der Waals surface area contributed by atoms with Crippen molar-refractivity contribution < 1.29 is 22.4 Å². The second kappa shape index (κ2) is 6.05. The average Bonchev–Trinajstić information content (AvgIpc) is 3.20. The highest BCUT2D eigenvalue weighted by molar-refractivity contribution is 7.88. The first kappa shape index (κ1) is 15.9. The van der Waals surface area contributed by atoms with Crippen LogP contribution in [-0.4, -0.2) is 20.4 Å². The Labute approximate surface area is 144 Å². The Morgan fingerprint density at radius 2 is 1.96 bits per heavy atom. The molecule has 7 nitrogen and oxygen atoms in total. The molecule has 1 N–H and O–H groups in total. The quantitative estimate of drug-likeness (QED) is 0.752. The molecule has 0 saturated carbocycles. The van der Waals surface area contributed by atoms with Gasteiger partial charge in [0.25, 0.3) is 0 Å². The fourth-order valence-electron chi connectivity index (χ4n) is 2.78. The summed E-state index contributed by atoms with van der Waals surface area (Å²) >= 11 is 0. The van der Waals surface area contributed by atoms with E-state index in [-0.39, 0.29) is 12.5 Å². The smallest absolute Gasteiger partial charge is 0.231 e. The molecule has 3 aromatic rings. The largest absolute Gasteiger partial charge is 0.454 e. The highest BCUT2D eigenvalue weighted by Crippen LogP contribution is 2.34. The van der Waals surface area contributed by atoms with E-state index in [4.69, 9.17) is 14.0 Å². The third-order valence-electron chi connectivity index (χ3n) is 4.03. The maximum Gasteiger partial charge on any atom is 0.231 e. The molecule has 1 aliphatic heterocycles. The van der Waals surface area contributed by atoms with E-state index in [0.717, 1.165) is 5.56 Å². The van der Waals surface area contributed by atoms with Crippen LogP contribution in [-0.2, 0) is 15.8 Å². The van der Waals surface area contributed by atoms with Crippen molar-refractivity contribution in [2.45, 2.75) is 18.7 Å². The van der Waals surface area contributed by atoms with Gasteiger partial charge in [0.05, 0.1) is 0 Å². The summed E-state index contributed by atoms with van der Waals surface area (Å²) < 4.78 is 43.4. The van der Waals surface area contributed by atoms with Gasteiger partial charge >= 0.3 is 0 Å². The normalized spacial score (nSPS) is 14.8. The highest BCUT2D eigenvalue weighted by atomic mass is 32.2. The van der Waals surface area contributed by atoms with Crippen LogP contribution in [0.4, 0.5) is 0 Å². The Bertz CT molecular complexity index is 1030. The van der Waals surface area contributed by atoms with Crippen LogP contribution < -0.4 is 14.2 Å². The molecule has 4 rings (SSSR count). The molecule has 1 aliphatic rings. The second-order valence-electron chi connectivity index (χ2n) is 5.84. The standard InChI is InChI=1S/C17H16N2O5S/c1-11(12-6-7-16-17(8-12)23-10-22-16)19-25(20,21)9-14-13-4-2-3-5-15(13)24-18-14/h2-8,11,19H,9-10H2,1H3/t11-/m0/s1. The minimum absolute atomic E-state index is 0.179. The molecule has 0 spiro atoms. The van der Waals surface area contributed by atoms with Crippen molar-refractivity contribution in [3.05, 3.63) is 53.7 Å². The number of nitrogens with zero attached hydrogens (tertiary/aromatic N) is 1. The van der Waals surface area contributed by atoms with Crippen molar-refractivity contribution in [2.75, 3.05) is 6.79 Å². The second-order valence-corrected chi connectivity index (χ2v) is 7.59. The number of benzene rings is 2. The van der Waals surface area contributed by atoms with Crippen molar-refractivity contribution in [1.29, 1.82) is 0 Å². The molecule has 0 fully saturated rings. The average molecular weight is 360 g/mol. The summed E-state index contributed by atoms with van der Waals surface area (Å²) in [4.78, 5) is 0. The van der Waals surface area contributed by atoms with Crippen molar-refractivity contribution >= 4 is 21.0 Å². The van der Waals surface area contributed by atoms with E-state index < -0.39 is 16.1 Å². The summed E-state index contributed by atoms with van der Waals surface area (Å²) in [6, 6.07) is 12.1. The summed E-state index contributed by atoms with van der Waals surface area (Å²) in [6.45, 7) is 1.95. The first-order valence-electron chi connectivity index (χ1n) is 7.75. The number of ether oxygens (including phenoxy) is 2. The van der Waals surface area contributed by atoms with Gasteiger partial charge < -0.3 is 14.0 Å². The Hall–Kier alpha value is -2.58. The van der Waals surface area contributed by atoms with Crippen molar-refractivity contribution in [3.8, 4) is 11.5 Å². The summed E-state index contributed by atoms with van der Waals surface area (Å²) in [6.07, 6.45) is 0. The zero-order chi connectivity index (χ0) is 17.4. The van der Waals surface area contributed by atoms with E-state index >= 15 is 0 Å². The first-order valence-corrected chi connectivity index (χ1v) is 9.40. The summed E-state index contributed by atoms with van der Waals surface area (Å²) in [5.41, 5.74) is 1.75.